The molecular weight excluding hydrogens is 420 g/mol. The van der Waals surface area contributed by atoms with Crippen molar-refractivity contribution in [2.75, 3.05) is 17.2 Å². The van der Waals surface area contributed by atoms with Gasteiger partial charge in [0.05, 0.1) is 22.3 Å². The number of carbonyl (C=O) groups excluding carboxylic acids is 2. The molecule has 4 aromatic rings. The van der Waals surface area contributed by atoms with Crippen LogP contribution in [0.4, 0.5) is 11.4 Å². The number of anilines is 2. The molecule has 3 aromatic heterocycles. The van der Waals surface area contributed by atoms with Gasteiger partial charge in [-0.1, -0.05) is 6.07 Å². The van der Waals surface area contributed by atoms with E-state index in [2.05, 4.69) is 20.7 Å². The van der Waals surface area contributed by atoms with E-state index in [1.54, 1.807) is 29.1 Å². The van der Waals surface area contributed by atoms with Crippen LogP contribution in [0.15, 0.2) is 48.7 Å². The second-order valence-electron chi connectivity index (χ2n) is 8.25. The third-order valence-corrected chi connectivity index (χ3v) is 5.81. The summed E-state index contributed by atoms with van der Waals surface area (Å²) in [5.41, 5.74) is 3.79. The van der Waals surface area contributed by atoms with Gasteiger partial charge in [-0.05, 0) is 56.2 Å². The van der Waals surface area contributed by atoms with E-state index in [9.17, 15) is 9.59 Å². The van der Waals surface area contributed by atoms with Crippen LogP contribution in [0.2, 0.25) is 0 Å². The van der Waals surface area contributed by atoms with E-state index in [-0.39, 0.29) is 18.4 Å². The first-order valence-electron chi connectivity index (χ1n) is 10.8. The predicted molar refractivity (Wildman–Crippen MR) is 122 cm³/mol. The Morgan fingerprint density at radius 2 is 2.09 bits per heavy atom. The first-order valence-corrected chi connectivity index (χ1v) is 10.8. The van der Waals surface area contributed by atoms with Crippen LogP contribution in [0.25, 0.3) is 16.9 Å². The third kappa shape index (κ3) is 3.47. The lowest BCUT2D eigenvalue weighted by Gasteiger charge is -2.18. The molecular formula is C24H20N6O3. The second-order valence-corrected chi connectivity index (χ2v) is 8.25. The van der Waals surface area contributed by atoms with E-state index >= 15 is 0 Å². The SMILES string of the molecule is Cc1nn(-c2ccccn2)c2nc(C3CC3)cc(C(=O)Nc3ccc4c(c3)NC(=O)CO4)c12. The van der Waals surface area contributed by atoms with Gasteiger partial charge in [0.15, 0.2) is 18.1 Å². The van der Waals surface area contributed by atoms with E-state index in [1.165, 1.54) is 0 Å². The lowest BCUT2D eigenvalue weighted by molar-refractivity contribution is -0.118. The number of hydrogen-bond donors (Lipinski definition) is 2. The number of aryl methyl sites for hydroxylation is 1. The molecule has 0 radical (unpaired) electrons. The van der Waals surface area contributed by atoms with Crippen molar-refractivity contribution in [2.45, 2.75) is 25.7 Å². The molecule has 164 valence electrons. The Hall–Kier alpha value is -4.27. The molecule has 0 unspecified atom stereocenters. The highest BCUT2D eigenvalue weighted by atomic mass is 16.5. The molecule has 33 heavy (non-hydrogen) atoms. The van der Waals surface area contributed by atoms with Crippen LogP contribution >= 0.6 is 0 Å². The molecule has 1 saturated carbocycles. The van der Waals surface area contributed by atoms with Crippen LogP contribution in [-0.4, -0.2) is 38.2 Å². The predicted octanol–water partition coefficient (Wildman–Crippen LogP) is 3.58. The lowest BCUT2D eigenvalue weighted by Crippen LogP contribution is -2.25. The molecule has 0 atom stereocenters. The molecule has 1 fully saturated rings. The quantitative estimate of drug-likeness (QED) is 0.502. The Morgan fingerprint density at radius 3 is 2.88 bits per heavy atom. The first kappa shape index (κ1) is 19.4. The van der Waals surface area contributed by atoms with Gasteiger partial charge in [-0.15, -0.1) is 0 Å². The van der Waals surface area contributed by atoms with Crippen LogP contribution in [0.1, 0.15) is 40.5 Å². The Bertz CT molecular complexity index is 1430. The number of benzene rings is 1. The molecule has 2 aliphatic rings. The van der Waals surface area contributed by atoms with Gasteiger partial charge in [-0.2, -0.15) is 9.78 Å². The maximum Gasteiger partial charge on any atom is 0.262 e. The molecule has 2 amide bonds. The Kier molecular flexibility index (Phi) is 4.36. The van der Waals surface area contributed by atoms with Crippen molar-refractivity contribution in [3.63, 3.8) is 0 Å². The van der Waals surface area contributed by atoms with Crippen LogP contribution < -0.4 is 15.4 Å². The largest absolute Gasteiger partial charge is 0.482 e. The van der Waals surface area contributed by atoms with Gasteiger partial charge in [0.25, 0.3) is 11.8 Å². The fourth-order valence-electron chi connectivity index (χ4n) is 4.07. The highest BCUT2D eigenvalue weighted by Crippen LogP contribution is 2.41. The van der Waals surface area contributed by atoms with Gasteiger partial charge < -0.3 is 15.4 Å². The molecule has 9 heteroatoms. The minimum atomic E-state index is -0.268. The highest BCUT2D eigenvalue weighted by Gasteiger charge is 2.29. The smallest absolute Gasteiger partial charge is 0.262 e. The standard InChI is InChI=1S/C24H20N6O3/c1-13-22-16(24(32)26-15-7-8-19-18(10-15)27-21(31)12-33-19)11-17(14-5-6-14)28-23(22)30(29-13)20-4-2-3-9-25-20/h2-4,7-11,14H,5-6,12H2,1H3,(H,26,32)(H,27,31). The summed E-state index contributed by atoms with van der Waals surface area (Å²) in [6.07, 6.45) is 3.82. The summed E-state index contributed by atoms with van der Waals surface area (Å²) in [7, 11) is 0. The monoisotopic (exact) mass is 440 g/mol. The van der Waals surface area contributed by atoms with E-state index < -0.39 is 0 Å². The third-order valence-electron chi connectivity index (χ3n) is 5.81. The first-order chi connectivity index (χ1) is 16.1. The van der Waals surface area contributed by atoms with Crippen molar-refractivity contribution in [3.05, 3.63) is 65.6 Å². The minimum absolute atomic E-state index is 0.0167. The lowest BCUT2D eigenvalue weighted by atomic mass is 10.1. The van der Waals surface area contributed by atoms with Gasteiger partial charge in [0, 0.05) is 23.5 Å². The summed E-state index contributed by atoms with van der Waals surface area (Å²) in [4.78, 5) is 34.4. The van der Waals surface area contributed by atoms with Crippen LogP contribution in [0.5, 0.6) is 5.75 Å². The van der Waals surface area contributed by atoms with Crippen molar-refractivity contribution < 1.29 is 14.3 Å². The molecule has 6 rings (SSSR count). The zero-order chi connectivity index (χ0) is 22.5. The van der Waals surface area contributed by atoms with E-state index in [0.29, 0.717) is 51.2 Å². The maximum atomic E-state index is 13.4. The molecule has 9 nitrogen and oxygen atoms in total. The number of ether oxygens (including phenoxy) is 1. The number of carbonyl (C=O) groups is 2. The van der Waals surface area contributed by atoms with Gasteiger partial charge in [-0.3, -0.25) is 9.59 Å². The topological polar surface area (TPSA) is 111 Å². The fraction of sp³-hybridized carbons (Fsp3) is 0.208. The number of hydrogen-bond acceptors (Lipinski definition) is 6. The number of aromatic nitrogens is 4. The zero-order valence-corrected chi connectivity index (χ0v) is 17.8. The summed E-state index contributed by atoms with van der Waals surface area (Å²) in [6.45, 7) is 1.85. The molecule has 4 heterocycles. The highest BCUT2D eigenvalue weighted by molar-refractivity contribution is 6.13. The van der Waals surface area contributed by atoms with Crippen molar-refractivity contribution in [2.24, 2.45) is 0 Å². The van der Waals surface area contributed by atoms with Gasteiger partial charge in [0.1, 0.15) is 5.75 Å². The Balaban J connectivity index is 1.43. The van der Waals surface area contributed by atoms with Gasteiger partial charge >= 0.3 is 0 Å². The number of rotatable bonds is 4. The molecule has 0 bridgehead atoms. The molecule has 2 N–H and O–H groups in total. The summed E-state index contributed by atoms with van der Waals surface area (Å²) in [5, 5.41) is 11.0. The van der Waals surface area contributed by atoms with Crippen molar-refractivity contribution in [1.82, 2.24) is 19.7 Å². The summed E-state index contributed by atoms with van der Waals surface area (Å²) >= 11 is 0. The van der Waals surface area contributed by atoms with Gasteiger partial charge in [-0.25, -0.2) is 9.97 Å². The zero-order valence-electron chi connectivity index (χ0n) is 17.8. The summed E-state index contributed by atoms with van der Waals surface area (Å²) in [6, 6.07) is 12.6. The molecule has 1 aliphatic heterocycles. The van der Waals surface area contributed by atoms with Crippen LogP contribution in [0.3, 0.4) is 0 Å². The van der Waals surface area contributed by atoms with Crippen molar-refractivity contribution in [3.8, 4) is 11.6 Å². The molecule has 1 aromatic carbocycles. The minimum Gasteiger partial charge on any atom is -0.482 e. The van der Waals surface area contributed by atoms with Crippen LogP contribution in [0, 0.1) is 6.92 Å². The number of nitrogens with one attached hydrogen (secondary N) is 2. The average Bonchev–Trinajstić information content (AvgIpc) is 3.62. The van der Waals surface area contributed by atoms with E-state index in [1.807, 2.05) is 31.2 Å². The Morgan fingerprint density at radius 1 is 1.21 bits per heavy atom. The van der Waals surface area contributed by atoms with Crippen molar-refractivity contribution >= 4 is 34.2 Å². The normalized spacial score (nSPS) is 15.0. The number of nitrogens with zero attached hydrogens (tertiary/aromatic N) is 4. The maximum absolute atomic E-state index is 13.4. The van der Waals surface area contributed by atoms with Crippen LogP contribution in [-0.2, 0) is 4.79 Å². The van der Waals surface area contributed by atoms with E-state index in [4.69, 9.17) is 9.72 Å². The van der Waals surface area contributed by atoms with E-state index in [0.717, 1.165) is 18.5 Å². The fourth-order valence-corrected chi connectivity index (χ4v) is 4.07. The van der Waals surface area contributed by atoms with Gasteiger partial charge in [0.2, 0.25) is 0 Å². The van der Waals surface area contributed by atoms with Crippen molar-refractivity contribution in [1.29, 1.82) is 0 Å². The number of pyridine rings is 2. The number of fused-ring (bicyclic) bond motifs is 2. The summed E-state index contributed by atoms with van der Waals surface area (Å²) < 4.78 is 7.09. The summed E-state index contributed by atoms with van der Waals surface area (Å²) in [5.74, 6) is 1.07. The molecule has 0 spiro atoms. The average molecular weight is 440 g/mol. The number of amides is 2. The second kappa shape index (κ2) is 7.40. The Labute approximate surface area is 188 Å². The molecule has 1 aliphatic carbocycles. The molecule has 0 saturated heterocycles.